The molecule has 0 radical (unpaired) electrons. The van der Waals surface area contributed by atoms with Gasteiger partial charge in [0.25, 0.3) is 0 Å². The summed E-state index contributed by atoms with van der Waals surface area (Å²) in [5.41, 5.74) is 8.26. The highest BCUT2D eigenvalue weighted by Gasteiger charge is 2.15. The van der Waals surface area contributed by atoms with Crippen LogP contribution < -0.4 is 5.73 Å². The van der Waals surface area contributed by atoms with Gasteiger partial charge in [0.15, 0.2) is 0 Å². The van der Waals surface area contributed by atoms with Gasteiger partial charge in [-0.3, -0.25) is 9.88 Å². The minimum atomic E-state index is 0.275. The number of aromatic nitrogens is 1. The number of nitrogens with two attached hydrogens (primary N) is 1. The first-order valence-corrected chi connectivity index (χ1v) is 7.89. The van der Waals surface area contributed by atoms with E-state index in [0.717, 1.165) is 17.8 Å². The Morgan fingerprint density at radius 1 is 1.37 bits per heavy atom. The minimum Gasteiger partial charge on any atom is -0.329 e. The molecule has 3 nitrogen and oxygen atoms in total. The molecule has 0 aliphatic heterocycles. The minimum absolute atomic E-state index is 0.275. The Labute approximate surface area is 119 Å². The lowest BCUT2D eigenvalue weighted by Crippen LogP contribution is -2.32. The van der Waals surface area contributed by atoms with Crippen molar-refractivity contribution in [3.05, 3.63) is 42.1 Å². The van der Waals surface area contributed by atoms with E-state index in [4.69, 9.17) is 5.73 Å². The van der Waals surface area contributed by atoms with Gasteiger partial charge in [0.1, 0.15) is 0 Å². The molecule has 0 amide bonds. The average molecular weight is 275 g/mol. The monoisotopic (exact) mass is 275 g/mol. The van der Waals surface area contributed by atoms with Crippen molar-refractivity contribution in [3.8, 4) is 0 Å². The van der Waals surface area contributed by atoms with Crippen molar-refractivity contribution in [3.63, 3.8) is 0 Å². The van der Waals surface area contributed by atoms with Gasteiger partial charge >= 0.3 is 0 Å². The highest BCUT2D eigenvalue weighted by molar-refractivity contribution is 7.98. The lowest BCUT2D eigenvalue weighted by molar-refractivity contribution is 0.266. The van der Waals surface area contributed by atoms with E-state index < -0.39 is 0 Å². The summed E-state index contributed by atoms with van der Waals surface area (Å²) >= 11 is 1.86. The molecule has 1 unspecified atom stereocenters. The molecule has 1 aromatic carbocycles. The molecule has 0 spiro atoms. The Morgan fingerprint density at radius 2 is 2.21 bits per heavy atom. The summed E-state index contributed by atoms with van der Waals surface area (Å²) in [6.45, 7) is 1.69. The fourth-order valence-corrected chi connectivity index (χ4v) is 2.73. The van der Waals surface area contributed by atoms with Crippen LogP contribution in [-0.4, -0.2) is 42.0 Å². The van der Waals surface area contributed by atoms with Crippen molar-refractivity contribution in [2.24, 2.45) is 5.73 Å². The Hall–Kier alpha value is -1.10. The molecule has 0 bridgehead atoms. The Kier molecular flexibility index (Phi) is 5.19. The summed E-state index contributed by atoms with van der Waals surface area (Å²) in [4.78, 5) is 6.68. The van der Waals surface area contributed by atoms with E-state index in [-0.39, 0.29) is 6.04 Å². The van der Waals surface area contributed by atoms with Crippen molar-refractivity contribution in [2.75, 3.05) is 32.1 Å². The predicted molar refractivity (Wildman–Crippen MR) is 84.6 cm³/mol. The molecule has 1 atom stereocenters. The first-order chi connectivity index (χ1) is 9.26. The Balaban J connectivity index is 2.24. The number of pyridine rings is 1. The molecule has 0 aliphatic carbocycles. The van der Waals surface area contributed by atoms with Crippen LogP contribution in [0.15, 0.2) is 36.5 Å². The van der Waals surface area contributed by atoms with E-state index >= 15 is 0 Å². The van der Waals surface area contributed by atoms with Crippen molar-refractivity contribution in [1.29, 1.82) is 0 Å². The summed E-state index contributed by atoms with van der Waals surface area (Å²) in [5.74, 6) is 1.13. The second kappa shape index (κ2) is 6.89. The molecule has 2 rings (SSSR count). The molecule has 102 valence electrons. The standard InChI is InChI=1S/C15H21N3S/c1-18(8-9-19-2)15(11-16)13-5-6-14-12(10-13)4-3-7-17-14/h3-7,10,15H,8-9,11,16H2,1-2H3. The maximum atomic E-state index is 5.96. The highest BCUT2D eigenvalue weighted by atomic mass is 32.2. The number of nitrogens with zero attached hydrogens (tertiary/aromatic N) is 2. The third-order valence-corrected chi connectivity index (χ3v) is 4.01. The summed E-state index contributed by atoms with van der Waals surface area (Å²) < 4.78 is 0. The molecule has 2 N–H and O–H groups in total. The van der Waals surface area contributed by atoms with Gasteiger partial charge in [-0.2, -0.15) is 11.8 Å². The number of likely N-dealkylation sites (N-methyl/N-ethyl adjacent to an activating group) is 1. The zero-order valence-electron chi connectivity index (χ0n) is 11.5. The molecule has 0 aliphatic rings. The molecule has 4 heteroatoms. The lowest BCUT2D eigenvalue weighted by atomic mass is 10.0. The van der Waals surface area contributed by atoms with Crippen molar-refractivity contribution in [2.45, 2.75) is 6.04 Å². The van der Waals surface area contributed by atoms with Crippen LogP contribution in [0.4, 0.5) is 0 Å². The number of thioether (sulfide) groups is 1. The number of benzene rings is 1. The number of hydrogen-bond acceptors (Lipinski definition) is 4. The molecule has 0 saturated carbocycles. The van der Waals surface area contributed by atoms with Gasteiger partial charge in [-0.1, -0.05) is 12.1 Å². The predicted octanol–water partition coefficient (Wildman–Crippen LogP) is 2.53. The van der Waals surface area contributed by atoms with E-state index in [0.29, 0.717) is 6.54 Å². The zero-order valence-corrected chi connectivity index (χ0v) is 12.4. The third-order valence-electron chi connectivity index (χ3n) is 3.42. The molecular weight excluding hydrogens is 254 g/mol. The van der Waals surface area contributed by atoms with E-state index in [2.05, 4.69) is 47.5 Å². The van der Waals surface area contributed by atoms with Crippen LogP contribution in [0.25, 0.3) is 10.9 Å². The van der Waals surface area contributed by atoms with Gasteiger partial charge in [-0.25, -0.2) is 0 Å². The molecular formula is C15H21N3S. The van der Waals surface area contributed by atoms with E-state index in [9.17, 15) is 0 Å². The summed E-state index contributed by atoms with van der Waals surface area (Å²) in [6, 6.07) is 10.8. The lowest BCUT2D eigenvalue weighted by Gasteiger charge is -2.27. The second-order valence-electron chi connectivity index (χ2n) is 4.68. The summed E-state index contributed by atoms with van der Waals surface area (Å²) in [6.07, 6.45) is 3.96. The van der Waals surface area contributed by atoms with Crippen LogP contribution in [0, 0.1) is 0 Å². The van der Waals surface area contributed by atoms with Gasteiger partial charge in [0.2, 0.25) is 0 Å². The Bertz CT molecular complexity index is 530. The van der Waals surface area contributed by atoms with Crippen molar-refractivity contribution < 1.29 is 0 Å². The molecule has 1 aromatic heterocycles. The van der Waals surface area contributed by atoms with Gasteiger partial charge < -0.3 is 5.73 Å². The van der Waals surface area contributed by atoms with Crippen LogP contribution in [0.3, 0.4) is 0 Å². The average Bonchev–Trinajstić information content (AvgIpc) is 2.45. The number of hydrogen-bond donors (Lipinski definition) is 1. The summed E-state index contributed by atoms with van der Waals surface area (Å²) in [7, 11) is 2.14. The summed E-state index contributed by atoms with van der Waals surface area (Å²) in [5, 5.41) is 1.18. The van der Waals surface area contributed by atoms with Crippen LogP contribution in [0.2, 0.25) is 0 Å². The van der Waals surface area contributed by atoms with Crippen LogP contribution in [0.1, 0.15) is 11.6 Å². The molecule has 19 heavy (non-hydrogen) atoms. The first kappa shape index (κ1) is 14.3. The van der Waals surface area contributed by atoms with E-state index in [1.807, 2.05) is 24.0 Å². The number of rotatable bonds is 6. The number of fused-ring (bicyclic) bond motifs is 1. The largest absolute Gasteiger partial charge is 0.329 e. The van der Waals surface area contributed by atoms with Crippen LogP contribution in [0.5, 0.6) is 0 Å². The van der Waals surface area contributed by atoms with Gasteiger partial charge in [-0.15, -0.1) is 0 Å². The fraction of sp³-hybridized carbons (Fsp3) is 0.400. The topological polar surface area (TPSA) is 42.1 Å². The van der Waals surface area contributed by atoms with Crippen LogP contribution in [-0.2, 0) is 0 Å². The molecule has 1 heterocycles. The maximum Gasteiger partial charge on any atom is 0.0702 e. The Morgan fingerprint density at radius 3 is 2.95 bits per heavy atom. The quantitative estimate of drug-likeness (QED) is 0.879. The van der Waals surface area contributed by atoms with E-state index in [1.54, 1.807) is 0 Å². The maximum absolute atomic E-state index is 5.96. The van der Waals surface area contributed by atoms with Crippen molar-refractivity contribution in [1.82, 2.24) is 9.88 Å². The third kappa shape index (κ3) is 3.47. The first-order valence-electron chi connectivity index (χ1n) is 6.50. The highest BCUT2D eigenvalue weighted by Crippen LogP contribution is 2.22. The normalized spacial score (nSPS) is 13.1. The SMILES string of the molecule is CSCCN(C)C(CN)c1ccc2ncccc2c1. The molecule has 2 aromatic rings. The van der Waals surface area contributed by atoms with Crippen LogP contribution >= 0.6 is 11.8 Å². The second-order valence-corrected chi connectivity index (χ2v) is 5.67. The van der Waals surface area contributed by atoms with Gasteiger partial charge in [0.05, 0.1) is 5.52 Å². The fourth-order valence-electron chi connectivity index (χ4n) is 2.26. The van der Waals surface area contributed by atoms with Gasteiger partial charge in [-0.05, 0) is 37.1 Å². The van der Waals surface area contributed by atoms with E-state index in [1.165, 1.54) is 10.9 Å². The van der Waals surface area contributed by atoms with Gasteiger partial charge in [0, 0.05) is 36.5 Å². The van der Waals surface area contributed by atoms with Crippen molar-refractivity contribution >= 4 is 22.7 Å². The molecule has 0 fully saturated rings. The molecule has 0 saturated heterocycles. The zero-order chi connectivity index (χ0) is 13.7. The smallest absolute Gasteiger partial charge is 0.0702 e.